The maximum atomic E-state index is 12.2. The lowest BCUT2D eigenvalue weighted by Crippen LogP contribution is -2.50. The number of hydrogen-bond donors (Lipinski definition) is 6. The SMILES string of the molecule is N[C@@H](CCC(=O)N[C@@H](CSC1CC(=O)N(CC(=O)O)C1=O)C(=O)NCC(=O)O)C(=O)O. The molecular weight excluding hydrogens is 440 g/mol. The number of nitrogens with two attached hydrogens (primary N) is 1. The van der Waals surface area contributed by atoms with Gasteiger partial charge in [0.1, 0.15) is 25.2 Å². The highest BCUT2D eigenvalue weighted by molar-refractivity contribution is 8.00. The summed E-state index contributed by atoms with van der Waals surface area (Å²) in [6, 6.07) is -2.59. The third-order valence-corrected chi connectivity index (χ3v) is 5.32. The molecule has 172 valence electrons. The van der Waals surface area contributed by atoms with Crippen molar-refractivity contribution in [1.82, 2.24) is 15.5 Å². The van der Waals surface area contributed by atoms with E-state index in [1.165, 1.54) is 0 Å². The zero-order chi connectivity index (χ0) is 23.7. The number of carboxylic acid groups (broad SMARTS) is 3. The van der Waals surface area contributed by atoms with Gasteiger partial charge < -0.3 is 31.7 Å². The number of thioether (sulfide) groups is 1. The molecule has 0 aliphatic carbocycles. The van der Waals surface area contributed by atoms with Crippen LogP contribution < -0.4 is 16.4 Å². The zero-order valence-electron chi connectivity index (χ0n) is 16.1. The van der Waals surface area contributed by atoms with Crippen molar-refractivity contribution in [2.24, 2.45) is 5.73 Å². The van der Waals surface area contributed by atoms with Crippen LogP contribution in [-0.2, 0) is 33.6 Å². The maximum Gasteiger partial charge on any atom is 0.323 e. The molecule has 7 N–H and O–H groups in total. The predicted octanol–water partition coefficient (Wildman–Crippen LogP) is -3.19. The van der Waals surface area contributed by atoms with E-state index in [-0.39, 0.29) is 25.0 Å². The summed E-state index contributed by atoms with van der Waals surface area (Å²) in [5.41, 5.74) is 5.31. The zero-order valence-corrected chi connectivity index (χ0v) is 16.9. The van der Waals surface area contributed by atoms with Gasteiger partial charge in [-0.2, -0.15) is 0 Å². The van der Waals surface area contributed by atoms with Crippen molar-refractivity contribution in [3.05, 3.63) is 0 Å². The molecule has 0 radical (unpaired) electrons. The standard InChI is InChI=1S/C16H22N4O10S/c17-7(16(29)30)1-2-10(21)19-8(14(27)18-4-12(23)24)6-31-9-3-11(22)20(15(9)28)5-13(25)26/h7-9H,1-6,17H2,(H,18,27)(H,19,21)(H,23,24)(H,25,26)(H,29,30)/t7-,8-,9?/m0/s1. The Hall–Kier alpha value is -3.20. The molecule has 0 aromatic heterocycles. The van der Waals surface area contributed by atoms with Gasteiger partial charge in [-0.1, -0.05) is 0 Å². The number of nitrogens with zero attached hydrogens (tertiary/aromatic N) is 1. The Morgan fingerprint density at radius 2 is 1.77 bits per heavy atom. The fraction of sp³-hybridized carbons (Fsp3) is 0.562. The molecule has 0 aromatic rings. The minimum Gasteiger partial charge on any atom is -0.480 e. The summed E-state index contributed by atoms with van der Waals surface area (Å²) in [7, 11) is 0. The lowest BCUT2D eigenvalue weighted by atomic mass is 10.1. The highest BCUT2D eigenvalue weighted by atomic mass is 32.2. The van der Waals surface area contributed by atoms with Crippen LogP contribution >= 0.6 is 11.8 Å². The second kappa shape index (κ2) is 11.8. The molecule has 1 fully saturated rings. The van der Waals surface area contributed by atoms with Crippen LogP contribution in [0.4, 0.5) is 0 Å². The summed E-state index contributed by atoms with van der Waals surface area (Å²) in [5.74, 6) is -7.28. The van der Waals surface area contributed by atoms with Crippen LogP contribution in [0.1, 0.15) is 19.3 Å². The molecule has 31 heavy (non-hydrogen) atoms. The Morgan fingerprint density at radius 3 is 2.32 bits per heavy atom. The minimum atomic E-state index is -1.37. The van der Waals surface area contributed by atoms with Gasteiger partial charge in [0.2, 0.25) is 23.6 Å². The molecule has 1 rings (SSSR count). The number of carbonyl (C=O) groups is 7. The van der Waals surface area contributed by atoms with Gasteiger partial charge in [-0.05, 0) is 6.42 Å². The van der Waals surface area contributed by atoms with E-state index < -0.39 is 72.0 Å². The van der Waals surface area contributed by atoms with Crippen LogP contribution in [0.3, 0.4) is 0 Å². The van der Waals surface area contributed by atoms with E-state index in [0.717, 1.165) is 11.8 Å². The Morgan fingerprint density at radius 1 is 1.13 bits per heavy atom. The number of carboxylic acids is 3. The van der Waals surface area contributed by atoms with E-state index in [4.69, 9.17) is 21.1 Å². The molecular formula is C16H22N4O10S. The average Bonchev–Trinajstić information content (AvgIpc) is 2.94. The third-order valence-electron chi connectivity index (χ3n) is 4.03. The van der Waals surface area contributed by atoms with Crippen molar-refractivity contribution >= 4 is 53.3 Å². The van der Waals surface area contributed by atoms with Crippen LogP contribution in [0.25, 0.3) is 0 Å². The normalized spacial score (nSPS) is 17.7. The van der Waals surface area contributed by atoms with Crippen LogP contribution in [0, 0.1) is 0 Å². The number of likely N-dealkylation sites (tertiary alicyclic amines) is 1. The van der Waals surface area contributed by atoms with Crippen molar-refractivity contribution in [2.45, 2.75) is 36.6 Å². The molecule has 0 aromatic carbocycles. The van der Waals surface area contributed by atoms with Crippen molar-refractivity contribution in [2.75, 3.05) is 18.8 Å². The molecule has 1 heterocycles. The van der Waals surface area contributed by atoms with Gasteiger partial charge in [0.05, 0.1) is 5.25 Å². The van der Waals surface area contributed by atoms with Crippen molar-refractivity contribution < 1.29 is 48.9 Å². The molecule has 15 heteroatoms. The summed E-state index contributed by atoms with van der Waals surface area (Å²) < 4.78 is 0. The summed E-state index contributed by atoms with van der Waals surface area (Å²) in [6.45, 7) is -1.52. The number of nitrogens with one attached hydrogen (secondary N) is 2. The minimum absolute atomic E-state index is 0.211. The number of hydrogen-bond acceptors (Lipinski definition) is 9. The number of imide groups is 1. The van der Waals surface area contributed by atoms with Gasteiger partial charge in [0, 0.05) is 18.6 Å². The molecule has 0 spiro atoms. The summed E-state index contributed by atoms with van der Waals surface area (Å²) >= 11 is 0.822. The lowest BCUT2D eigenvalue weighted by Gasteiger charge is -2.19. The molecule has 4 amide bonds. The molecule has 14 nitrogen and oxygen atoms in total. The van der Waals surface area contributed by atoms with E-state index in [0.29, 0.717) is 4.90 Å². The summed E-state index contributed by atoms with van der Waals surface area (Å²) in [4.78, 5) is 81.0. The summed E-state index contributed by atoms with van der Waals surface area (Å²) in [5, 5.41) is 29.6. The maximum absolute atomic E-state index is 12.2. The van der Waals surface area contributed by atoms with Crippen LogP contribution in [0.15, 0.2) is 0 Å². The highest BCUT2D eigenvalue weighted by Crippen LogP contribution is 2.25. The second-order valence-electron chi connectivity index (χ2n) is 6.45. The molecule has 1 unspecified atom stereocenters. The Balaban J connectivity index is 2.75. The molecule has 3 atom stereocenters. The van der Waals surface area contributed by atoms with Crippen molar-refractivity contribution in [1.29, 1.82) is 0 Å². The van der Waals surface area contributed by atoms with Crippen molar-refractivity contribution in [3.63, 3.8) is 0 Å². The fourth-order valence-electron chi connectivity index (χ4n) is 2.44. The van der Waals surface area contributed by atoms with Gasteiger partial charge >= 0.3 is 17.9 Å². The van der Waals surface area contributed by atoms with E-state index >= 15 is 0 Å². The Kier molecular flexibility index (Phi) is 9.88. The van der Waals surface area contributed by atoms with E-state index in [2.05, 4.69) is 10.6 Å². The molecule has 1 saturated heterocycles. The number of aliphatic carboxylic acids is 3. The van der Waals surface area contributed by atoms with E-state index in [9.17, 15) is 33.6 Å². The molecule has 0 bridgehead atoms. The van der Waals surface area contributed by atoms with Gasteiger partial charge in [-0.15, -0.1) is 11.8 Å². The number of amides is 4. The number of carbonyl (C=O) groups excluding carboxylic acids is 4. The van der Waals surface area contributed by atoms with Crippen LogP contribution in [0.2, 0.25) is 0 Å². The van der Waals surface area contributed by atoms with Gasteiger partial charge in [-0.3, -0.25) is 38.5 Å². The monoisotopic (exact) mass is 462 g/mol. The first-order chi connectivity index (χ1) is 14.4. The Bertz CT molecular complexity index is 773. The molecule has 1 aliphatic heterocycles. The van der Waals surface area contributed by atoms with Crippen molar-refractivity contribution in [3.8, 4) is 0 Å². The van der Waals surface area contributed by atoms with Crippen LogP contribution in [-0.4, -0.2) is 97.9 Å². The fourth-order valence-corrected chi connectivity index (χ4v) is 3.63. The predicted molar refractivity (Wildman–Crippen MR) is 103 cm³/mol. The first-order valence-electron chi connectivity index (χ1n) is 8.87. The second-order valence-corrected chi connectivity index (χ2v) is 7.69. The van der Waals surface area contributed by atoms with Gasteiger partial charge in [-0.25, -0.2) is 0 Å². The first kappa shape index (κ1) is 25.8. The average molecular weight is 462 g/mol. The number of rotatable bonds is 13. The van der Waals surface area contributed by atoms with E-state index in [1.807, 2.05) is 0 Å². The largest absolute Gasteiger partial charge is 0.480 e. The van der Waals surface area contributed by atoms with Crippen LogP contribution in [0.5, 0.6) is 0 Å². The highest BCUT2D eigenvalue weighted by Gasteiger charge is 2.40. The quantitative estimate of drug-likeness (QED) is 0.149. The van der Waals surface area contributed by atoms with Gasteiger partial charge in [0.15, 0.2) is 0 Å². The topological polar surface area (TPSA) is 233 Å². The molecule has 0 saturated carbocycles. The third kappa shape index (κ3) is 8.59. The Labute approximate surface area is 179 Å². The van der Waals surface area contributed by atoms with Gasteiger partial charge in [0.25, 0.3) is 0 Å². The van der Waals surface area contributed by atoms with E-state index in [1.54, 1.807) is 0 Å². The lowest BCUT2D eigenvalue weighted by molar-refractivity contribution is -0.148. The smallest absolute Gasteiger partial charge is 0.323 e. The summed E-state index contributed by atoms with van der Waals surface area (Å²) in [6.07, 6.45) is -0.826. The first-order valence-corrected chi connectivity index (χ1v) is 9.92. The molecule has 1 aliphatic rings.